The number of benzene rings is 2. The van der Waals surface area contributed by atoms with Crippen molar-refractivity contribution in [3.8, 4) is 11.4 Å². The molecule has 0 aliphatic heterocycles. The van der Waals surface area contributed by atoms with Gasteiger partial charge in [-0.2, -0.15) is 0 Å². The zero-order valence-electron chi connectivity index (χ0n) is 11.1. The average molecular weight is 300 g/mol. The Bertz CT molecular complexity index is 725. The van der Waals surface area contributed by atoms with Gasteiger partial charge in [-0.15, -0.1) is 10.2 Å². The van der Waals surface area contributed by atoms with Gasteiger partial charge in [0.1, 0.15) is 5.82 Å². The van der Waals surface area contributed by atoms with Gasteiger partial charge in [0, 0.05) is 11.3 Å². The lowest BCUT2D eigenvalue weighted by molar-refractivity contribution is 0.627. The van der Waals surface area contributed by atoms with E-state index in [1.54, 1.807) is 12.1 Å². The van der Waals surface area contributed by atoms with Crippen molar-refractivity contribution in [1.29, 1.82) is 0 Å². The molecule has 3 aromatic rings. The number of rotatable bonds is 4. The van der Waals surface area contributed by atoms with Crippen molar-refractivity contribution in [2.24, 2.45) is 0 Å². The third-order valence-electron chi connectivity index (χ3n) is 2.98. The highest BCUT2D eigenvalue weighted by Gasteiger charge is 2.11. The molecule has 0 bridgehead atoms. The van der Waals surface area contributed by atoms with Crippen LogP contribution in [0, 0.1) is 5.82 Å². The second-order valence-electron chi connectivity index (χ2n) is 4.46. The monoisotopic (exact) mass is 300 g/mol. The molecule has 6 heteroatoms. The molecule has 4 nitrogen and oxygen atoms in total. The molecule has 0 spiro atoms. The van der Waals surface area contributed by atoms with Crippen molar-refractivity contribution < 1.29 is 4.39 Å². The topological polar surface area (TPSA) is 56.7 Å². The maximum Gasteiger partial charge on any atom is 0.210 e. The first-order chi connectivity index (χ1) is 10.2. The number of nitrogens with two attached hydrogens (primary N) is 1. The maximum atomic E-state index is 12.9. The van der Waals surface area contributed by atoms with Crippen LogP contribution >= 0.6 is 11.8 Å². The predicted octanol–water partition coefficient (Wildman–Crippen LogP) is 3.09. The zero-order valence-corrected chi connectivity index (χ0v) is 11.9. The maximum absolute atomic E-state index is 12.9. The van der Waals surface area contributed by atoms with E-state index in [9.17, 15) is 4.39 Å². The van der Waals surface area contributed by atoms with Gasteiger partial charge in [0.15, 0.2) is 5.82 Å². The summed E-state index contributed by atoms with van der Waals surface area (Å²) in [6.45, 7) is 0. The van der Waals surface area contributed by atoms with Crippen LogP contribution in [-0.2, 0) is 5.75 Å². The lowest BCUT2D eigenvalue weighted by atomic mass is 10.2. The SMILES string of the molecule is Nn1c(SCc2ccc(F)cc2)nnc1-c1ccccc1. The Hall–Kier alpha value is -2.34. The van der Waals surface area contributed by atoms with Gasteiger partial charge < -0.3 is 5.84 Å². The van der Waals surface area contributed by atoms with Crippen LogP contribution in [0.5, 0.6) is 0 Å². The number of hydrogen-bond donors (Lipinski definition) is 1. The first-order valence-corrected chi connectivity index (χ1v) is 7.36. The largest absolute Gasteiger partial charge is 0.335 e. The van der Waals surface area contributed by atoms with E-state index in [4.69, 9.17) is 5.84 Å². The van der Waals surface area contributed by atoms with Crippen LogP contribution in [0.2, 0.25) is 0 Å². The Morgan fingerprint density at radius 3 is 2.43 bits per heavy atom. The number of nitrogen functional groups attached to an aromatic ring is 1. The Morgan fingerprint density at radius 1 is 1.00 bits per heavy atom. The summed E-state index contributed by atoms with van der Waals surface area (Å²) in [5.41, 5.74) is 1.92. The Morgan fingerprint density at radius 2 is 1.71 bits per heavy atom. The Labute approximate surface area is 125 Å². The minimum absolute atomic E-state index is 0.239. The van der Waals surface area contributed by atoms with E-state index in [0.717, 1.165) is 11.1 Å². The van der Waals surface area contributed by atoms with Crippen molar-refractivity contribution in [3.63, 3.8) is 0 Å². The molecule has 0 saturated heterocycles. The summed E-state index contributed by atoms with van der Waals surface area (Å²) >= 11 is 1.46. The number of halogens is 1. The van der Waals surface area contributed by atoms with Crippen molar-refractivity contribution >= 4 is 11.8 Å². The number of nitrogens with zero attached hydrogens (tertiary/aromatic N) is 3. The highest BCUT2D eigenvalue weighted by atomic mass is 32.2. The van der Waals surface area contributed by atoms with Gasteiger partial charge in [-0.25, -0.2) is 9.07 Å². The highest BCUT2D eigenvalue weighted by molar-refractivity contribution is 7.98. The van der Waals surface area contributed by atoms with Crippen LogP contribution in [-0.4, -0.2) is 14.9 Å². The molecule has 0 amide bonds. The third-order valence-corrected chi connectivity index (χ3v) is 3.99. The van der Waals surface area contributed by atoms with E-state index in [2.05, 4.69) is 10.2 Å². The van der Waals surface area contributed by atoms with Crippen LogP contribution in [0.15, 0.2) is 59.8 Å². The summed E-state index contributed by atoms with van der Waals surface area (Å²) in [5, 5.41) is 8.84. The summed E-state index contributed by atoms with van der Waals surface area (Å²) in [7, 11) is 0. The van der Waals surface area contributed by atoms with Crippen molar-refractivity contribution in [1.82, 2.24) is 14.9 Å². The lowest BCUT2D eigenvalue weighted by Gasteiger charge is -2.04. The number of hydrogen-bond acceptors (Lipinski definition) is 4. The summed E-state index contributed by atoms with van der Waals surface area (Å²) in [6.07, 6.45) is 0. The molecule has 0 saturated carbocycles. The van der Waals surface area contributed by atoms with Crippen molar-refractivity contribution in [2.75, 3.05) is 5.84 Å². The van der Waals surface area contributed by atoms with E-state index >= 15 is 0 Å². The molecular formula is C15H13FN4S. The van der Waals surface area contributed by atoms with Crippen LogP contribution < -0.4 is 5.84 Å². The fourth-order valence-electron chi connectivity index (χ4n) is 1.89. The first-order valence-electron chi connectivity index (χ1n) is 6.37. The van der Waals surface area contributed by atoms with Gasteiger partial charge in [0.2, 0.25) is 5.16 Å². The molecule has 3 rings (SSSR count). The summed E-state index contributed by atoms with van der Waals surface area (Å²) < 4.78 is 14.3. The summed E-state index contributed by atoms with van der Waals surface area (Å²) in [6, 6.07) is 16.0. The van der Waals surface area contributed by atoms with Crippen LogP contribution in [0.1, 0.15) is 5.56 Å². The summed E-state index contributed by atoms with van der Waals surface area (Å²) in [5.74, 6) is 7.08. The molecule has 0 atom stereocenters. The molecule has 2 aromatic carbocycles. The predicted molar refractivity (Wildman–Crippen MR) is 81.6 cm³/mol. The molecule has 0 aliphatic rings. The second-order valence-corrected chi connectivity index (χ2v) is 5.40. The molecule has 1 heterocycles. The number of aromatic nitrogens is 3. The quantitative estimate of drug-likeness (QED) is 0.594. The van der Waals surface area contributed by atoms with E-state index < -0.39 is 0 Å². The number of thioether (sulfide) groups is 1. The minimum atomic E-state index is -0.239. The third kappa shape index (κ3) is 3.05. The van der Waals surface area contributed by atoms with Gasteiger partial charge in [-0.3, -0.25) is 0 Å². The zero-order chi connectivity index (χ0) is 14.7. The minimum Gasteiger partial charge on any atom is -0.335 e. The van der Waals surface area contributed by atoms with Gasteiger partial charge in [-0.05, 0) is 17.7 Å². The molecule has 0 fully saturated rings. The fourth-order valence-corrected chi connectivity index (χ4v) is 2.70. The lowest BCUT2D eigenvalue weighted by Crippen LogP contribution is -2.11. The van der Waals surface area contributed by atoms with Crippen LogP contribution in [0.4, 0.5) is 4.39 Å². The summed E-state index contributed by atoms with van der Waals surface area (Å²) in [4.78, 5) is 0. The molecule has 2 N–H and O–H groups in total. The fraction of sp³-hybridized carbons (Fsp3) is 0.0667. The van der Waals surface area contributed by atoms with E-state index in [1.807, 2.05) is 30.3 Å². The van der Waals surface area contributed by atoms with Gasteiger partial charge in [-0.1, -0.05) is 54.2 Å². The van der Waals surface area contributed by atoms with Crippen molar-refractivity contribution in [2.45, 2.75) is 10.9 Å². The van der Waals surface area contributed by atoms with E-state index in [-0.39, 0.29) is 5.82 Å². The van der Waals surface area contributed by atoms with Crippen LogP contribution in [0.25, 0.3) is 11.4 Å². The first kappa shape index (κ1) is 13.6. The molecule has 1 aromatic heterocycles. The Kier molecular flexibility index (Phi) is 3.87. The molecule has 21 heavy (non-hydrogen) atoms. The standard InChI is InChI=1S/C15H13FN4S/c16-13-8-6-11(7-9-13)10-21-15-19-18-14(20(15)17)12-4-2-1-3-5-12/h1-9H,10,17H2. The molecule has 0 radical (unpaired) electrons. The van der Waals surface area contributed by atoms with Crippen LogP contribution in [0.3, 0.4) is 0 Å². The normalized spacial score (nSPS) is 10.7. The second kappa shape index (κ2) is 5.97. The molecule has 0 unspecified atom stereocenters. The van der Waals surface area contributed by atoms with Crippen molar-refractivity contribution in [3.05, 3.63) is 66.0 Å². The van der Waals surface area contributed by atoms with E-state index in [0.29, 0.717) is 16.7 Å². The highest BCUT2D eigenvalue weighted by Crippen LogP contribution is 2.24. The molecule has 0 aliphatic carbocycles. The molecule has 106 valence electrons. The van der Waals surface area contributed by atoms with Gasteiger partial charge >= 0.3 is 0 Å². The smallest absolute Gasteiger partial charge is 0.210 e. The van der Waals surface area contributed by atoms with E-state index in [1.165, 1.54) is 28.6 Å². The molecular weight excluding hydrogens is 287 g/mol. The van der Waals surface area contributed by atoms with Gasteiger partial charge in [0.25, 0.3) is 0 Å². The van der Waals surface area contributed by atoms with Gasteiger partial charge in [0.05, 0.1) is 0 Å². The Balaban J connectivity index is 1.75. The average Bonchev–Trinajstić information content (AvgIpc) is 2.89.